The maximum absolute atomic E-state index is 10.8. The minimum atomic E-state index is 0.388. The van der Waals surface area contributed by atoms with Crippen LogP contribution in [0, 0.1) is 0 Å². The summed E-state index contributed by atoms with van der Waals surface area (Å²) < 4.78 is 6.09. The number of hydrogen-bond acceptors (Lipinski definition) is 5. The highest BCUT2D eigenvalue weighted by atomic mass is 35.5. The Kier molecular flexibility index (Phi) is 6.19. The first-order valence-corrected chi connectivity index (χ1v) is 11.8. The SMILES string of the molecule is O=CCc1ccc2nc(-c3csc(Cc4cc(Cl)ccc4OCc4ccccc4)n3)[nH]c2c1. The van der Waals surface area contributed by atoms with E-state index >= 15 is 0 Å². The molecule has 0 aliphatic heterocycles. The van der Waals surface area contributed by atoms with Gasteiger partial charge in [0.15, 0.2) is 5.82 Å². The molecular weight excluding hydrogens is 454 g/mol. The van der Waals surface area contributed by atoms with Crippen LogP contribution in [-0.2, 0) is 24.2 Å². The number of halogens is 1. The first-order chi connectivity index (χ1) is 16.2. The fourth-order valence-corrected chi connectivity index (χ4v) is 4.62. The Bertz CT molecular complexity index is 1410. The lowest BCUT2D eigenvalue weighted by atomic mass is 10.1. The lowest BCUT2D eigenvalue weighted by Crippen LogP contribution is -1.99. The number of H-pyrrole nitrogens is 1. The van der Waals surface area contributed by atoms with Gasteiger partial charge in [-0.2, -0.15) is 0 Å². The van der Waals surface area contributed by atoms with Gasteiger partial charge in [-0.3, -0.25) is 0 Å². The number of nitrogens with one attached hydrogen (secondary N) is 1. The van der Waals surface area contributed by atoms with Crippen molar-refractivity contribution < 1.29 is 9.53 Å². The molecule has 0 bridgehead atoms. The van der Waals surface area contributed by atoms with E-state index in [1.165, 1.54) is 0 Å². The summed E-state index contributed by atoms with van der Waals surface area (Å²) in [7, 11) is 0. The summed E-state index contributed by atoms with van der Waals surface area (Å²) in [6.07, 6.45) is 1.90. The molecule has 0 radical (unpaired) electrons. The van der Waals surface area contributed by atoms with E-state index in [0.717, 1.165) is 50.5 Å². The van der Waals surface area contributed by atoms with Gasteiger partial charge in [0.1, 0.15) is 24.3 Å². The summed E-state index contributed by atoms with van der Waals surface area (Å²) in [5.41, 5.74) is 5.58. The van der Waals surface area contributed by atoms with Gasteiger partial charge >= 0.3 is 0 Å². The van der Waals surface area contributed by atoms with Crippen LogP contribution in [-0.4, -0.2) is 21.2 Å². The first kappa shape index (κ1) is 21.4. The normalized spacial score (nSPS) is 11.1. The Morgan fingerprint density at radius 1 is 1.00 bits per heavy atom. The summed E-state index contributed by atoms with van der Waals surface area (Å²) in [4.78, 5) is 23.6. The lowest BCUT2D eigenvalue weighted by molar-refractivity contribution is -0.107. The molecule has 5 rings (SSSR count). The molecule has 0 spiro atoms. The molecule has 0 atom stereocenters. The van der Waals surface area contributed by atoms with E-state index in [1.54, 1.807) is 11.3 Å². The molecule has 33 heavy (non-hydrogen) atoms. The first-order valence-electron chi connectivity index (χ1n) is 10.5. The molecular formula is C26H20ClN3O2S. The second kappa shape index (κ2) is 9.57. The highest BCUT2D eigenvalue weighted by Gasteiger charge is 2.13. The molecule has 0 fully saturated rings. The summed E-state index contributed by atoms with van der Waals surface area (Å²) in [6.45, 7) is 0.490. The van der Waals surface area contributed by atoms with Crippen molar-refractivity contribution in [3.63, 3.8) is 0 Å². The van der Waals surface area contributed by atoms with Crippen molar-refractivity contribution in [3.05, 3.63) is 98.8 Å². The fourth-order valence-electron chi connectivity index (χ4n) is 3.63. The van der Waals surface area contributed by atoms with Crippen LogP contribution in [0.4, 0.5) is 0 Å². The van der Waals surface area contributed by atoms with Gasteiger partial charge in [-0.1, -0.05) is 48.0 Å². The predicted molar refractivity (Wildman–Crippen MR) is 132 cm³/mol. The number of hydrogen-bond donors (Lipinski definition) is 1. The molecule has 0 unspecified atom stereocenters. The Morgan fingerprint density at radius 3 is 2.73 bits per heavy atom. The Labute approximate surface area is 200 Å². The van der Waals surface area contributed by atoms with E-state index in [0.29, 0.717) is 30.3 Å². The standard InChI is InChI=1S/C26H20ClN3O2S/c27-20-7-9-24(32-15-18-4-2-1-3-5-18)19(13-20)14-25-28-23(16-33-25)26-29-21-8-6-17(10-11-31)12-22(21)30-26/h1-9,11-13,16H,10,14-15H2,(H,29,30). The predicted octanol–water partition coefficient (Wildman–Crippen LogP) is 6.25. The number of aromatic amines is 1. The van der Waals surface area contributed by atoms with E-state index in [1.807, 2.05) is 72.1 Å². The number of aromatic nitrogens is 3. The third-order valence-corrected chi connectivity index (χ3v) is 6.34. The minimum absolute atomic E-state index is 0.388. The molecule has 164 valence electrons. The number of aldehydes is 1. The van der Waals surface area contributed by atoms with Gasteiger partial charge in [-0.05, 0) is 41.5 Å². The number of benzene rings is 3. The number of ether oxygens (including phenoxy) is 1. The van der Waals surface area contributed by atoms with E-state index in [2.05, 4.69) is 9.97 Å². The molecule has 2 aromatic heterocycles. The highest BCUT2D eigenvalue weighted by Crippen LogP contribution is 2.29. The lowest BCUT2D eigenvalue weighted by Gasteiger charge is -2.11. The average molecular weight is 474 g/mol. The van der Waals surface area contributed by atoms with Gasteiger partial charge in [0.05, 0.1) is 16.0 Å². The third kappa shape index (κ3) is 4.97. The zero-order chi connectivity index (χ0) is 22.6. The number of imidazole rings is 1. The molecule has 0 aliphatic rings. The number of rotatable bonds is 8. The number of carbonyl (C=O) groups is 1. The van der Waals surface area contributed by atoms with Gasteiger partial charge in [-0.25, -0.2) is 9.97 Å². The van der Waals surface area contributed by atoms with Gasteiger partial charge in [0.2, 0.25) is 0 Å². The van der Waals surface area contributed by atoms with Crippen molar-refractivity contribution in [1.82, 2.24) is 15.0 Å². The summed E-state index contributed by atoms with van der Waals surface area (Å²) >= 11 is 7.85. The number of carbonyl (C=O) groups excluding carboxylic acids is 1. The molecule has 2 heterocycles. The van der Waals surface area contributed by atoms with E-state index in [-0.39, 0.29) is 0 Å². The fraction of sp³-hybridized carbons (Fsp3) is 0.115. The van der Waals surface area contributed by atoms with Crippen LogP contribution < -0.4 is 4.74 Å². The summed E-state index contributed by atoms with van der Waals surface area (Å²) in [5, 5.41) is 3.60. The second-order valence-electron chi connectivity index (χ2n) is 7.64. The van der Waals surface area contributed by atoms with Gasteiger partial charge in [0, 0.05) is 28.8 Å². The molecule has 5 aromatic rings. The molecule has 0 amide bonds. The maximum atomic E-state index is 10.8. The molecule has 3 aromatic carbocycles. The van der Waals surface area contributed by atoms with Gasteiger partial charge < -0.3 is 14.5 Å². The Balaban J connectivity index is 1.36. The van der Waals surface area contributed by atoms with Crippen molar-refractivity contribution in [3.8, 4) is 17.3 Å². The van der Waals surface area contributed by atoms with Gasteiger partial charge in [0.25, 0.3) is 0 Å². The van der Waals surface area contributed by atoms with E-state index < -0.39 is 0 Å². The third-order valence-electron chi connectivity index (χ3n) is 5.26. The van der Waals surface area contributed by atoms with Crippen LogP contribution in [0.2, 0.25) is 5.02 Å². The second-order valence-corrected chi connectivity index (χ2v) is 9.02. The number of thiazole rings is 1. The topological polar surface area (TPSA) is 67.9 Å². The maximum Gasteiger partial charge on any atom is 0.158 e. The van der Waals surface area contributed by atoms with Crippen molar-refractivity contribution in [2.75, 3.05) is 0 Å². The quantitative estimate of drug-likeness (QED) is 0.270. The van der Waals surface area contributed by atoms with Crippen molar-refractivity contribution in [1.29, 1.82) is 0 Å². The molecule has 5 nitrogen and oxygen atoms in total. The average Bonchev–Trinajstić information content (AvgIpc) is 3.46. The molecule has 0 saturated heterocycles. The Hall–Kier alpha value is -3.48. The number of nitrogens with zero attached hydrogens (tertiary/aromatic N) is 2. The molecule has 0 saturated carbocycles. The van der Waals surface area contributed by atoms with E-state index in [9.17, 15) is 4.79 Å². The van der Waals surface area contributed by atoms with Crippen LogP contribution in [0.15, 0.2) is 72.1 Å². The van der Waals surface area contributed by atoms with Crippen molar-refractivity contribution >= 4 is 40.3 Å². The number of fused-ring (bicyclic) bond motifs is 1. The molecule has 0 aliphatic carbocycles. The summed E-state index contributed by atoms with van der Waals surface area (Å²) in [5.74, 6) is 1.51. The molecule has 1 N–H and O–H groups in total. The summed E-state index contributed by atoms with van der Waals surface area (Å²) in [6, 6.07) is 21.5. The zero-order valence-corrected chi connectivity index (χ0v) is 19.2. The highest BCUT2D eigenvalue weighted by molar-refractivity contribution is 7.10. The largest absolute Gasteiger partial charge is 0.489 e. The molecule has 7 heteroatoms. The van der Waals surface area contributed by atoms with E-state index in [4.69, 9.17) is 21.3 Å². The van der Waals surface area contributed by atoms with Crippen molar-refractivity contribution in [2.24, 2.45) is 0 Å². The monoisotopic (exact) mass is 473 g/mol. The van der Waals surface area contributed by atoms with Crippen LogP contribution in [0.1, 0.15) is 21.7 Å². The van der Waals surface area contributed by atoms with Crippen molar-refractivity contribution in [2.45, 2.75) is 19.4 Å². The van der Waals surface area contributed by atoms with Crippen LogP contribution >= 0.6 is 22.9 Å². The zero-order valence-electron chi connectivity index (χ0n) is 17.6. The minimum Gasteiger partial charge on any atom is -0.489 e. The Morgan fingerprint density at radius 2 is 1.88 bits per heavy atom. The van der Waals surface area contributed by atoms with Crippen LogP contribution in [0.5, 0.6) is 5.75 Å². The van der Waals surface area contributed by atoms with Crippen LogP contribution in [0.3, 0.4) is 0 Å². The smallest absolute Gasteiger partial charge is 0.158 e. The van der Waals surface area contributed by atoms with Gasteiger partial charge in [-0.15, -0.1) is 11.3 Å². The van der Waals surface area contributed by atoms with Crippen LogP contribution in [0.25, 0.3) is 22.6 Å².